The largest absolute Gasteiger partial charge is 0.421 e. The molecule has 2 rings (SSSR count). The van der Waals surface area contributed by atoms with Gasteiger partial charge in [0.1, 0.15) is 5.69 Å². The monoisotopic (exact) mass is 200 g/mol. The number of ether oxygens (including phenoxy) is 1. The number of hydrogen-bond donors (Lipinski definition) is 0. The molecule has 0 aliphatic carbocycles. The molecule has 0 amide bonds. The van der Waals surface area contributed by atoms with Crippen LogP contribution in [0.15, 0.2) is 24.4 Å². The summed E-state index contributed by atoms with van der Waals surface area (Å²) in [6, 6.07) is 5.39. The summed E-state index contributed by atoms with van der Waals surface area (Å²) in [5.74, 6) is 0.0900. The molecule has 0 N–H and O–H groups in total. The third-order valence-electron chi connectivity index (χ3n) is 2.05. The highest BCUT2D eigenvalue weighted by Gasteiger charge is 2.26. The van der Waals surface area contributed by atoms with Crippen molar-refractivity contribution in [3.8, 4) is 6.07 Å². The number of carbonyl (C=O) groups is 1. The Morgan fingerprint density at radius 2 is 2.47 bits per heavy atom. The molecule has 0 bridgehead atoms. The van der Waals surface area contributed by atoms with E-state index in [4.69, 9.17) is 10.00 Å². The van der Waals surface area contributed by atoms with Gasteiger partial charge in [0.25, 0.3) is 0 Å². The summed E-state index contributed by atoms with van der Waals surface area (Å²) < 4.78 is 5.03. The normalized spacial score (nSPS) is 15.9. The summed E-state index contributed by atoms with van der Waals surface area (Å²) in [7, 11) is 0. The first-order valence-electron chi connectivity index (χ1n) is 4.57. The lowest BCUT2D eigenvalue weighted by Crippen LogP contribution is -1.92. The van der Waals surface area contributed by atoms with E-state index >= 15 is 0 Å². The number of aromatic nitrogens is 1. The number of cyclic esters (lactones) is 1. The van der Waals surface area contributed by atoms with Gasteiger partial charge in [-0.05, 0) is 24.6 Å². The Hall–Kier alpha value is -2.15. The Morgan fingerprint density at radius 1 is 1.60 bits per heavy atom. The fraction of sp³-hybridized carbons (Fsp3) is 0.182. The fourth-order valence-electron chi connectivity index (χ4n) is 1.38. The Labute approximate surface area is 86.8 Å². The lowest BCUT2D eigenvalue weighted by Gasteiger charge is -1.95. The first kappa shape index (κ1) is 9.41. The average molecular weight is 200 g/mol. The lowest BCUT2D eigenvalue weighted by atomic mass is 10.2. The van der Waals surface area contributed by atoms with Crippen LogP contribution in [0.2, 0.25) is 0 Å². The molecule has 0 fully saturated rings. The number of unbranched alkanes of at least 4 members (excludes halogenated alkanes) is 1. The minimum atomic E-state index is -0.374. The van der Waals surface area contributed by atoms with Crippen LogP contribution in [0.25, 0.3) is 5.76 Å². The molecule has 1 aliphatic heterocycles. The first-order valence-corrected chi connectivity index (χ1v) is 4.57. The number of nitriles is 1. The van der Waals surface area contributed by atoms with Gasteiger partial charge >= 0.3 is 5.97 Å². The number of allylic oxidation sites excluding steroid dienone is 1. The van der Waals surface area contributed by atoms with Crippen LogP contribution in [0.5, 0.6) is 0 Å². The molecule has 74 valence electrons. The van der Waals surface area contributed by atoms with Crippen LogP contribution < -0.4 is 0 Å². The van der Waals surface area contributed by atoms with Crippen molar-refractivity contribution in [1.29, 1.82) is 5.26 Å². The van der Waals surface area contributed by atoms with Gasteiger partial charge in [0.15, 0.2) is 5.76 Å². The predicted octanol–water partition coefficient (Wildman–Crippen LogP) is 1.90. The van der Waals surface area contributed by atoms with Crippen LogP contribution in [0.3, 0.4) is 0 Å². The van der Waals surface area contributed by atoms with Crippen molar-refractivity contribution >= 4 is 11.7 Å². The molecule has 2 heterocycles. The molecule has 0 saturated carbocycles. The zero-order chi connectivity index (χ0) is 10.7. The number of rotatable bonds is 2. The van der Waals surface area contributed by atoms with Gasteiger partial charge in [-0.2, -0.15) is 5.26 Å². The maximum atomic E-state index is 11.3. The van der Waals surface area contributed by atoms with Crippen LogP contribution in [0, 0.1) is 11.3 Å². The molecule has 4 heteroatoms. The van der Waals surface area contributed by atoms with Gasteiger partial charge in [-0.1, -0.05) is 0 Å². The zero-order valence-electron chi connectivity index (χ0n) is 7.93. The maximum Gasteiger partial charge on any atom is 0.345 e. The van der Waals surface area contributed by atoms with E-state index in [2.05, 4.69) is 4.98 Å². The third kappa shape index (κ3) is 1.72. The maximum absolute atomic E-state index is 11.3. The fourth-order valence-corrected chi connectivity index (χ4v) is 1.38. The summed E-state index contributed by atoms with van der Waals surface area (Å²) in [5.41, 5.74) is 1.06. The molecule has 15 heavy (non-hydrogen) atoms. The van der Waals surface area contributed by atoms with Gasteiger partial charge < -0.3 is 4.74 Å². The van der Waals surface area contributed by atoms with Crippen molar-refractivity contribution in [3.05, 3.63) is 35.7 Å². The topological polar surface area (TPSA) is 63.0 Å². The molecule has 0 unspecified atom stereocenters. The van der Waals surface area contributed by atoms with Gasteiger partial charge in [-0.15, -0.1) is 0 Å². The van der Waals surface area contributed by atoms with Gasteiger partial charge in [0.05, 0.1) is 11.6 Å². The first-order chi connectivity index (χ1) is 7.33. The Bertz CT molecular complexity index is 472. The van der Waals surface area contributed by atoms with E-state index in [0.717, 1.165) is 0 Å². The molecule has 0 aromatic carbocycles. The van der Waals surface area contributed by atoms with Crippen molar-refractivity contribution in [2.24, 2.45) is 0 Å². The van der Waals surface area contributed by atoms with Gasteiger partial charge in [-0.25, -0.2) is 4.79 Å². The number of pyridine rings is 1. The molecule has 1 aromatic rings. The summed E-state index contributed by atoms with van der Waals surface area (Å²) in [5, 5.41) is 8.38. The van der Waals surface area contributed by atoms with E-state index in [1.807, 2.05) is 6.07 Å². The number of nitrogens with zero attached hydrogens (tertiary/aromatic N) is 2. The quantitative estimate of drug-likeness (QED) is 0.540. The molecule has 4 nitrogen and oxygen atoms in total. The van der Waals surface area contributed by atoms with Crippen LogP contribution in [-0.4, -0.2) is 11.0 Å². The molecule has 1 aliphatic rings. The number of fused-ring (bicyclic) bond motifs is 1. The van der Waals surface area contributed by atoms with E-state index in [0.29, 0.717) is 29.9 Å². The smallest absolute Gasteiger partial charge is 0.345 e. The molecule has 0 atom stereocenters. The molecule has 0 saturated heterocycles. The SMILES string of the molecule is N#CCCC=C1OC(=O)c2cccnc21. The van der Waals surface area contributed by atoms with E-state index in [1.165, 1.54) is 0 Å². The minimum absolute atomic E-state index is 0.374. The molecular formula is C11H8N2O2. The van der Waals surface area contributed by atoms with Crippen LogP contribution in [-0.2, 0) is 4.74 Å². The Kier molecular flexibility index (Phi) is 2.46. The highest BCUT2D eigenvalue weighted by molar-refractivity contribution is 6.01. The Balaban J connectivity index is 2.29. The van der Waals surface area contributed by atoms with Crippen molar-refractivity contribution in [3.63, 3.8) is 0 Å². The highest BCUT2D eigenvalue weighted by Crippen LogP contribution is 2.27. The summed E-state index contributed by atoms with van der Waals surface area (Å²) in [4.78, 5) is 15.4. The van der Waals surface area contributed by atoms with Crippen LogP contribution in [0.1, 0.15) is 28.9 Å². The predicted molar refractivity (Wildman–Crippen MR) is 52.5 cm³/mol. The number of esters is 1. The number of hydrogen-bond acceptors (Lipinski definition) is 4. The second-order valence-corrected chi connectivity index (χ2v) is 3.05. The standard InChI is InChI=1S/C11H8N2O2/c12-6-2-1-5-9-10-8(11(14)15-9)4-3-7-13-10/h3-5,7H,1-2H2. The molecular weight excluding hydrogens is 192 g/mol. The van der Waals surface area contributed by atoms with Crippen molar-refractivity contribution < 1.29 is 9.53 Å². The van der Waals surface area contributed by atoms with E-state index < -0.39 is 0 Å². The highest BCUT2D eigenvalue weighted by atomic mass is 16.5. The lowest BCUT2D eigenvalue weighted by molar-refractivity contribution is 0.0715. The van der Waals surface area contributed by atoms with Gasteiger partial charge in [0.2, 0.25) is 0 Å². The molecule has 0 radical (unpaired) electrons. The van der Waals surface area contributed by atoms with E-state index in [1.54, 1.807) is 24.4 Å². The molecule has 1 aromatic heterocycles. The zero-order valence-corrected chi connectivity index (χ0v) is 7.93. The summed E-state index contributed by atoms with van der Waals surface area (Å²) >= 11 is 0. The van der Waals surface area contributed by atoms with Crippen molar-refractivity contribution in [2.75, 3.05) is 0 Å². The van der Waals surface area contributed by atoms with E-state index in [-0.39, 0.29) is 5.97 Å². The Morgan fingerprint density at radius 3 is 3.27 bits per heavy atom. The van der Waals surface area contributed by atoms with Crippen LogP contribution >= 0.6 is 0 Å². The van der Waals surface area contributed by atoms with Gasteiger partial charge in [-0.3, -0.25) is 4.98 Å². The van der Waals surface area contributed by atoms with Gasteiger partial charge in [0, 0.05) is 12.6 Å². The van der Waals surface area contributed by atoms with Crippen LogP contribution in [0.4, 0.5) is 0 Å². The third-order valence-corrected chi connectivity index (χ3v) is 2.05. The van der Waals surface area contributed by atoms with E-state index in [9.17, 15) is 4.79 Å². The minimum Gasteiger partial charge on any atom is -0.421 e. The molecule has 0 spiro atoms. The summed E-state index contributed by atoms with van der Waals surface area (Å²) in [6.45, 7) is 0. The second-order valence-electron chi connectivity index (χ2n) is 3.05. The summed E-state index contributed by atoms with van der Waals surface area (Å²) in [6.07, 6.45) is 4.30. The average Bonchev–Trinajstić information content (AvgIpc) is 2.58. The number of carbonyl (C=O) groups excluding carboxylic acids is 1. The second kappa shape index (κ2) is 3.93. The van der Waals surface area contributed by atoms with Crippen molar-refractivity contribution in [1.82, 2.24) is 4.98 Å². The van der Waals surface area contributed by atoms with Crippen molar-refractivity contribution in [2.45, 2.75) is 12.8 Å².